The van der Waals surface area contributed by atoms with Crippen molar-refractivity contribution in [2.24, 2.45) is 0 Å². The molecule has 0 spiro atoms. The lowest BCUT2D eigenvalue weighted by Crippen LogP contribution is -2.42. The first-order chi connectivity index (χ1) is 13.5. The molecule has 2 aromatic rings. The van der Waals surface area contributed by atoms with Crippen LogP contribution in [-0.4, -0.2) is 47.6 Å². The molecule has 1 aromatic carbocycles. The molecule has 1 fully saturated rings. The number of thioether (sulfide) groups is 1. The van der Waals surface area contributed by atoms with E-state index in [1.54, 1.807) is 30.0 Å². The molecule has 1 aromatic heterocycles. The zero-order chi connectivity index (χ0) is 20.1. The Morgan fingerprint density at radius 2 is 1.96 bits per heavy atom. The van der Waals surface area contributed by atoms with Gasteiger partial charge in [-0.3, -0.25) is 19.4 Å². The lowest BCUT2D eigenvalue weighted by molar-refractivity contribution is -0.131. The average Bonchev–Trinajstić information content (AvgIpc) is 3.26. The molecule has 8 heteroatoms. The first-order valence-electron chi connectivity index (χ1n) is 9.05. The van der Waals surface area contributed by atoms with Gasteiger partial charge in [-0.1, -0.05) is 23.8 Å². The standard InChI is InChI=1S/C20H23N3O3S2/c1-14-5-7-16(8-6-14)23-15(2)19(25)22(20(23)26)12-18(24)21-9-11-27-13-17-4-3-10-28-17/h3-8,10,15H,9,11-13H2,1-2H3,(H,21,24)/t15-/m0/s1. The van der Waals surface area contributed by atoms with Crippen LogP contribution in [0.15, 0.2) is 41.8 Å². The molecule has 0 bridgehead atoms. The highest BCUT2D eigenvalue weighted by atomic mass is 32.2. The fourth-order valence-electron chi connectivity index (χ4n) is 2.94. The van der Waals surface area contributed by atoms with Crippen LogP contribution >= 0.6 is 23.1 Å². The van der Waals surface area contributed by atoms with E-state index in [9.17, 15) is 14.4 Å². The van der Waals surface area contributed by atoms with Gasteiger partial charge in [0.25, 0.3) is 5.91 Å². The van der Waals surface area contributed by atoms with Crippen molar-refractivity contribution in [3.8, 4) is 0 Å². The van der Waals surface area contributed by atoms with E-state index in [1.165, 1.54) is 9.78 Å². The summed E-state index contributed by atoms with van der Waals surface area (Å²) < 4.78 is 0. The molecule has 1 aliphatic heterocycles. The minimum atomic E-state index is -0.621. The molecule has 1 aliphatic rings. The van der Waals surface area contributed by atoms with Gasteiger partial charge in [-0.05, 0) is 37.4 Å². The van der Waals surface area contributed by atoms with Gasteiger partial charge in [0.1, 0.15) is 12.6 Å². The van der Waals surface area contributed by atoms with Crippen LogP contribution in [0.1, 0.15) is 17.4 Å². The van der Waals surface area contributed by atoms with Crippen molar-refractivity contribution in [3.05, 3.63) is 52.2 Å². The summed E-state index contributed by atoms with van der Waals surface area (Å²) in [7, 11) is 0. The lowest BCUT2D eigenvalue weighted by atomic mass is 10.2. The van der Waals surface area contributed by atoms with Crippen molar-refractivity contribution in [1.82, 2.24) is 10.2 Å². The number of hydrogen-bond donors (Lipinski definition) is 1. The monoisotopic (exact) mass is 417 g/mol. The normalized spacial score (nSPS) is 16.7. The number of amides is 4. The molecule has 1 saturated heterocycles. The summed E-state index contributed by atoms with van der Waals surface area (Å²) in [5, 5.41) is 4.83. The summed E-state index contributed by atoms with van der Waals surface area (Å²) in [5.41, 5.74) is 1.73. The van der Waals surface area contributed by atoms with Crippen molar-refractivity contribution < 1.29 is 14.4 Å². The van der Waals surface area contributed by atoms with E-state index in [2.05, 4.69) is 11.4 Å². The second kappa shape index (κ2) is 9.25. The van der Waals surface area contributed by atoms with Gasteiger partial charge >= 0.3 is 6.03 Å². The smallest absolute Gasteiger partial charge is 0.332 e. The van der Waals surface area contributed by atoms with E-state index in [4.69, 9.17) is 0 Å². The lowest BCUT2D eigenvalue weighted by Gasteiger charge is -2.19. The Balaban J connectivity index is 1.49. The molecule has 0 radical (unpaired) electrons. The Hall–Kier alpha value is -2.32. The molecular weight excluding hydrogens is 394 g/mol. The first kappa shape index (κ1) is 20.4. The summed E-state index contributed by atoms with van der Waals surface area (Å²) in [4.78, 5) is 41.2. The third-order valence-corrected chi connectivity index (χ3v) is 6.52. The number of carbonyl (C=O) groups excluding carboxylic acids is 3. The van der Waals surface area contributed by atoms with E-state index < -0.39 is 12.1 Å². The van der Waals surface area contributed by atoms with Crippen LogP contribution in [0.2, 0.25) is 0 Å². The Morgan fingerprint density at radius 3 is 2.64 bits per heavy atom. The molecule has 3 rings (SSSR count). The van der Waals surface area contributed by atoms with E-state index in [1.807, 2.05) is 42.6 Å². The quantitative estimate of drug-likeness (QED) is 0.529. The zero-order valence-corrected chi connectivity index (χ0v) is 17.5. The third-order valence-electron chi connectivity index (χ3n) is 4.45. The van der Waals surface area contributed by atoms with E-state index in [0.29, 0.717) is 12.2 Å². The molecule has 28 heavy (non-hydrogen) atoms. The molecule has 0 saturated carbocycles. The van der Waals surface area contributed by atoms with Crippen LogP contribution in [-0.2, 0) is 15.3 Å². The maximum atomic E-state index is 12.7. The average molecular weight is 418 g/mol. The summed E-state index contributed by atoms with van der Waals surface area (Å²) in [6, 6.07) is 10.4. The summed E-state index contributed by atoms with van der Waals surface area (Å²) >= 11 is 3.45. The van der Waals surface area contributed by atoms with Gasteiger partial charge in [-0.25, -0.2) is 4.79 Å². The number of benzene rings is 1. The number of imide groups is 1. The maximum absolute atomic E-state index is 12.7. The fraction of sp³-hybridized carbons (Fsp3) is 0.350. The molecule has 4 amide bonds. The van der Waals surface area contributed by atoms with Crippen molar-refractivity contribution in [2.45, 2.75) is 25.6 Å². The number of nitrogens with one attached hydrogen (secondary N) is 1. The van der Waals surface area contributed by atoms with Gasteiger partial charge in [0.2, 0.25) is 5.91 Å². The number of nitrogens with zero attached hydrogens (tertiary/aromatic N) is 2. The number of thiophene rings is 1. The Morgan fingerprint density at radius 1 is 1.21 bits per heavy atom. The van der Waals surface area contributed by atoms with Gasteiger partial charge in [-0.2, -0.15) is 11.8 Å². The summed E-state index contributed by atoms with van der Waals surface area (Å²) in [6.07, 6.45) is 0. The molecule has 6 nitrogen and oxygen atoms in total. The number of aryl methyl sites for hydroxylation is 1. The van der Waals surface area contributed by atoms with Gasteiger partial charge in [0.15, 0.2) is 0 Å². The zero-order valence-electron chi connectivity index (χ0n) is 15.9. The van der Waals surface area contributed by atoms with E-state index in [0.717, 1.165) is 22.0 Å². The van der Waals surface area contributed by atoms with Crippen LogP contribution in [0.4, 0.5) is 10.5 Å². The van der Waals surface area contributed by atoms with Gasteiger partial charge in [0, 0.05) is 28.6 Å². The SMILES string of the molecule is Cc1ccc(N2C(=O)N(CC(=O)NCCSCc3cccs3)C(=O)[C@@H]2C)cc1. The topological polar surface area (TPSA) is 69.7 Å². The first-order valence-corrected chi connectivity index (χ1v) is 11.1. The van der Waals surface area contributed by atoms with Crippen molar-refractivity contribution >= 4 is 46.6 Å². The number of hydrogen-bond acceptors (Lipinski definition) is 5. The number of rotatable bonds is 8. The Bertz CT molecular complexity index is 837. The predicted molar refractivity (Wildman–Crippen MR) is 114 cm³/mol. The molecular formula is C20H23N3O3S2. The summed E-state index contributed by atoms with van der Waals surface area (Å²) in [5.74, 6) is 1.01. The number of urea groups is 1. The third kappa shape index (κ3) is 4.74. The van der Waals surface area contributed by atoms with Crippen LogP contribution in [0.3, 0.4) is 0 Å². The van der Waals surface area contributed by atoms with Crippen molar-refractivity contribution in [1.29, 1.82) is 0 Å². The second-order valence-electron chi connectivity index (χ2n) is 6.57. The number of carbonyl (C=O) groups is 3. The molecule has 1 N–H and O–H groups in total. The Labute approximate surface area is 172 Å². The molecule has 1 atom stereocenters. The van der Waals surface area contributed by atoms with Crippen LogP contribution < -0.4 is 10.2 Å². The van der Waals surface area contributed by atoms with E-state index in [-0.39, 0.29) is 18.4 Å². The van der Waals surface area contributed by atoms with E-state index >= 15 is 0 Å². The van der Waals surface area contributed by atoms with Gasteiger partial charge < -0.3 is 5.32 Å². The highest BCUT2D eigenvalue weighted by Gasteiger charge is 2.43. The highest BCUT2D eigenvalue weighted by Crippen LogP contribution is 2.25. The van der Waals surface area contributed by atoms with Crippen LogP contribution in [0, 0.1) is 6.92 Å². The highest BCUT2D eigenvalue weighted by molar-refractivity contribution is 7.98. The second-order valence-corrected chi connectivity index (χ2v) is 8.71. The van der Waals surface area contributed by atoms with Gasteiger partial charge in [0.05, 0.1) is 0 Å². The number of anilines is 1. The largest absolute Gasteiger partial charge is 0.354 e. The minimum absolute atomic E-state index is 0.250. The molecule has 2 heterocycles. The fourth-order valence-corrected chi connectivity index (χ4v) is 4.64. The van der Waals surface area contributed by atoms with Crippen molar-refractivity contribution in [2.75, 3.05) is 23.7 Å². The van der Waals surface area contributed by atoms with Gasteiger partial charge in [-0.15, -0.1) is 11.3 Å². The minimum Gasteiger partial charge on any atom is -0.354 e. The van der Waals surface area contributed by atoms with Crippen molar-refractivity contribution in [3.63, 3.8) is 0 Å². The van der Waals surface area contributed by atoms with Crippen LogP contribution in [0.5, 0.6) is 0 Å². The maximum Gasteiger partial charge on any atom is 0.332 e. The molecule has 148 valence electrons. The molecule has 0 unspecified atom stereocenters. The summed E-state index contributed by atoms with van der Waals surface area (Å²) in [6.45, 7) is 3.89. The Kier molecular flexibility index (Phi) is 6.74. The predicted octanol–water partition coefficient (Wildman–Crippen LogP) is 3.26. The molecule has 0 aliphatic carbocycles. The van der Waals surface area contributed by atoms with Crippen LogP contribution in [0.25, 0.3) is 0 Å².